The second kappa shape index (κ2) is 5.38. The molecule has 0 unspecified atom stereocenters. The predicted octanol–water partition coefficient (Wildman–Crippen LogP) is 0.818. The van der Waals surface area contributed by atoms with Gasteiger partial charge >= 0.3 is 5.97 Å². The van der Waals surface area contributed by atoms with Gasteiger partial charge in [-0.2, -0.15) is 0 Å². The first-order valence-corrected chi connectivity index (χ1v) is 5.14. The van der Waals surface area contributed by atoms with Crippen molar-refractivity contribution in [3.8, 4) is 0 Å². The number of hydrogen-bond donors (Lipinski definition) is 0. The van der Waals surface area contributed by atoms with Crippen molar-refractivity contribution in [2.75, 3.05) is 21.3 Å². The molecule has 0 aromatic carbocycles. The molecule has 80 valence electrons. The molecule has 0 aromatic heterocycles. The molecule has 3 atom stereocenters. The number of ether oxygens (including phenoxy) is 3. The normalized spacial score (nSPS) is 31.5. The Kier molecular flexibility index (Phi) is 4.44. The van der Waals surface area contributed by atoms with E-state index in [0.29, 0.717) is 0 Å². The van der Waals surface area contributed by atoms with Crippen LogP contribution in [0.3, 0.4) is 0 Å². The molecule has 0 radical (unpaired) electrons. The Morgan fingerprint density at radius 1 is 1.21 bits per heavy atom. The van der Waals surface area contributed by atoms with Crippen molar-refractivity contribution in [2.45, 2.75) is 16.8 Å². The van der Waals surface area contributed by atoms with Gasteiger partial charge < -0.3 is 14.2 Å². The van der Waals surface area contributed by atoms with Crippen molar-refractivity contribution in [1.82, 2.24) is 0 Å². The summed E-state index contributed by atoms with van der Waals surface area (Å²) < 4.78 is 15.0. The fourth-order valence-electron chi connectivity index (χ4n) is 1.21. The number of thioether (sulfide) groups is 1. The summed E-state index contributed by atoms with van der Waals surface area (Å²) in [4.78, 5) is 11.4. The Morgan fingerprint density at radius 2 is 1.93 bits per heavy atom. The van der Waals surface area contributed by atoms with Crippen LogP contribution in [-0.4, -0.2) is 44.1 Å². The quantitative estimate of drug-likeness (QED) is 0.518. The molecule has 4 nitrogen and oxygen atoms in total. The summed E-state index contributed by atoms with van der Waals surface area (Å²) in [6.07, 6.45) is 3.46. The third kappa shape index (κ3) is 2.50. The Morgan fingerprint density at radius 3 is 2.43 bits per heavy atom. The average Bonchev–Trinajstić information content (AvgIpc) is 2.27. The smallest absolute Gasteiger partial charge is 0.321 e. The lowest BCUT2D eigenvalue weighted by Gasteiger charge is -2.27. The van der Waals surface area contributed by atoms with Crippen LogP contribution in [0.4, 0.5) is 0 Å². The van der Waals surface area contributed by atoms with Gasteiger partial charge in [0.15, 0.2) is 0 Å². The van der Waals surface area contributed by atoms with Gasteiger partial charge in [0.1, 0.15) is 10.7 Å². The zero-order valence-corrected chi connectivity index (χ0v) is 9.24. The lowest BCUT2D eigenvalue weighted by atomic mass is 10.2. The largest absolute Gasteiger partial charge is 0.468 e. The average molecular weight is 218 g/mol. The van der Waals surface area contributed by atoms with E-state index in [-0.39, 0.29) is 22.8 Å². The molecule has 0 saturated heterocycles. The lowest BCUT2D eigenvalue weighted by molar-refractivity contribution is -0.141. The highest BCUT2D eigenvalue weighted by Crippen LogP contribution is 2.29. The Balaban J connectivity index is 2.71. The molecule has 5 heteroatoms. The summed E-state index contributed by atoms with van der Waals surface area (Å²) >= 11 is 1.39. The van der Waals surface area contributed by atoms with Gasteiger partial charge in [0.25, 0.3) is 0 Å². The van der Waals surface area contributed by atoms with Gasteiger partial charge in [0.2, 0.25) is 0 Å². The maximum absolute atomic E-state index is 11.4. The number of methoxy groups -OCH3 is 3. The molecule has 0 bridgehead atoms. The van der Waals surface area contributed by atoms with E-state index in [2.05, 4.69) is 4.74 Å². The van der Waals surface area contributed by atoms with Gasteiger partial charge in [-0.05, 0) is 6.08 Å². The highest BCUT2D eigenvalue weighted by molar-refractivity contribution is 8.01. The summed E-state index contributed by atoms with van der Waals surface area (Å²) in [5, 5.41) is -0.347. The highest BCUT2D eigenvalue weighted by atomic mass is 32.2. The van der Waals surface area contributed by atoms with E-state index in [1.165, 1.54) is 18.9 Å². The number of carbonyl (C=O) groups is 1. The number of rotatable bonds is 3. The van der Waals surface area contributed by atoms with Crippen LogP contribution in [0, 0.1) is 0 Å². The van der Waals surface area contributed by atoms with Crippen LogP contribution in [-0.2, 0) is 19.0 Å². The molecule has 1 rings (SSSR count). The van der Waals surface area contributed by atoms with Crippen molar-refractivity contribution in [1.29, 1.82) is 0 Å². The van der Waals surface area contributed by atoms with Crippen LogP contribution >= 0.6 is 11.8 Å². The minimum absolute atomic E-state index is 0.106. The SMILES string of the molecule is COC(=O)[C@H]1S[C@H](OC)C=C[C@@H]1OC. The van der Waals surface area contributed by atoms with Crippen LogP contribution in [0.2, 0.25) is 0 Å². The maximum Gasteiger partial charge on any atom is 0.321 e. The molecule has 0 N–H and O–H groups in total. The summed E-state index contributed by atoms with van der Waals surface area (Å²) in [5.41, 5.74) is -0.106. The fraction of sp³-hybridized carbons (Fsp3) is 0.667. The van der Waals surface area contributed by atoms with Gasteiger partial charge in [-0.3, -0.25) is 4.79 Å². The predicted molar refractivity (Wildman–Crippen MR) is 54.1 cm³/mol. The molecule has 0 spiro atoms. The molecule has 0 amide bonds. The summed E-state index contributed by atoms with van der Waals surface area (Å²) in [6.45, 7) is 0. The zero-order valence-electron chi connectivity index (χ0n) is 8.43. The Hall–Kier alpha value is -0.520. The third-order valence-electron chi connectivity index (χ3n) is 1.98. The van der Waals surface area contributed by atoms with Crippen molar-refractivity contribution in [3.63, 3.8) is 0 Å². The van der Waals surface area contributed by atoms with Crippen LogP contribution in [0.25, 0.3) is 0 Å². The monoisotopic (exact) mass is 218 g/mol. The molecule has 1 heterocycles. The first kappa shape index (κ1) is 11.6. The minimum Gasteiger partial charge on any atom is -0.468 e. The van der Waals surface area contributed by atoms with Gasteiger partial charge in [-0.1, -0.05) is 6.08 Å². The fourth-order valence-corrected chi connectivity index (χ4v) is 2.36. The van der Waals surface area contributed by atoms with E-state index in [9.17, 15) is 4.79 Å². The molecule has 0 aromatic rings. The third-order valence-corrected chi connectivity index (χ3v) is 3.35. The van der Waals surface area contributed by atoms with Crippen LogP contribution in [0.15, 0.2) is 12.2 Å². The molecule has 14 heavy (non-hydrogen) atoms. The van der Waals surface area contributed by atoms with E-state index in [0.717, 1.165) is 0 Å². The lowest BCUT2D eigenvalue weighted by Crippen LogP contribution is -2.36. The number of esters is 1. The minimum atomic E-state index is -0.347. The van der Waals surface area contributed by atoms with Gasteiger partial charge in [0.05, 0.1) is 13.2 Å². The molecule has 1 aliphatic heterocycles. The van der Waals surface area contributed by atoms with E-state index < -0.39 is 0 Å². The van der Waals surface area contributed by atoms with Crippen LogP contribution in [0.5, 0.6) is 0 Å². The highest BCUT2D eigenvalue weighted by Gasteiger charge is 2.33. The van der Waals surface area contributed by atoms with E-state index in [1.54, 1.807) is 14.2 Å². The molecular weight excluding hydrogens is 204 g/mol. The zero-order chi connectivity index (χ0) is 10.6. The van der Waals surface area contributed by atoms with Crippen LogP contribution < -0.4 is 0 Å². The second-order valence-electron chi connectivity index (χ2n) is 2.77. The number of hydrogen-bond acceptors (Lipinski definition) is 5. The molecule has 0 saturated carbocycles. The summed E-state index contributed by atoms with van der Waals surface area (Å²) in [6, 6.07) is 0. The van der Waals surface area contributed by atoms with Crippen molar-refractivity contribution >= 4 is 17.7 Å². The number of carbonyl (C=O) groups excluding carboxylic acids is 1. The standard InChI is InChI=1S/C9H14O4S/c1-11-6-4-5-7(12-2)14-8(6)9(10)13-3/h4-8H,1-3H3/t6-,7-,8-/m0/s1. The topological polar surface area (TPSA) is 44.8 Å². The van der Waals surface area contributed by atoms with E-state index >= 15 is 0 Å². The Bertz CT molecular complexity index is 229. The van der Waals surface area contributed by atoms with Crippen molar-refractivity contribution in [2.24, 2.45) is 0 Å². The maximum atomic E-state index is 11.4. The molecular formula is C9H14O4S. The van der Waals surface area contributed by atoms with Crippen molar-refractivity contribution in [3.05, 3.63) is 12.2 Å². The first-order chi connectivity index (χ1) is 6.72. The van der Waals surface area contributed by atoms with Gasteiger partial charge in [0, 0.05) is 14.2 Å². The Labute approximate surface area is 87.6 Å². The van der Waals surface area contributed by atoms with Crippen LogP contribution in [0.1, 0.15) is 0 Å². The van der Waals surface area contributed by atoms with Crippen molar-refractivity contribution < 1.29 is 19.0 Å². The summed E-state index contributed by atoms with van der Waals surface area (Å²) in [5.74, 6) is -0.284. The van der Waals surface area contributed by atoms with Gasteiger partial charge in [-0.15, -0.1) is 11.8 Å². The molecule has 1 aliphatic rings. The molecule has 0 aliphatic carbocycles. The molecule has 0 fully saturated rings. The second-order valence-corrected chi connectivity index (χ2v) is 4.01. The van der Waals surface area contributed by atoms with E-state index in [4.69, 9.17) is 9.47 Å². The first-order valence-electron chi connectivity index (χ1n) is 4.20. The summed E-state index contributed by atoms with van der Waals surface area (Å²) in [7, 11) is 4.54. The van der Waals surface area contributed by atoms with E-state index in [1.807, 2.05) is 12.2 Å². The van der Waals surface area contributed by atoms with Gasteiger partial charge in [-0.25, -0.2) is 0 Å².